The molecule has 0 atom stereocenters. The molecule has 29 heavy (non-hydrogen) atoms. The van der Waals surface area contributed by atoms with Crippen molar-refractivity contribution in [3.05, 3.63) is 72.4 Å². The highest BCUT2D eigenvalue weighted by atomic mass is 16.5. The van der Waals surface area contributed by atoms with E-state index >= 15 is 0 Å². The Kier molecular flexibility index (Phi) is 6.63. The Morgan fingerprint density at radius 2 is 1.66 bits per heavy atom. The van der Waals surface area contributed by atoms with Crippen molar-refractivity contribution >= 4 is 23.1 Å². The number of aromatic nitrogens is 1. The normalized spacial score (nSPS) is 9.93. The molecule has 0 aliphatic heterocycles. The van der Waals surface area contributed by atoms with E-state index in [-0.39, 0.29) is 12.5 Å². The zero-order chi connectivity index (χ0) is 20.5. The van der Waals surface area contributed by atoms with Crippen molar-refractivity contribution in [3.63, 3.8) is 0 Å². The van der Waals surface area contributed by atoms with Gasteiger partial charge in [-0.05, 0) is 67.6 Å². The predicted octanol–water partition coefficient (Wildman–Crippen LogP) is 4.38. The van der Waals surface area contributed by atoms with Gasteiger partial charge in [0.05, 0.1) is 12.2 Å². The Morgan fingerprint density at radius 1 is 1.00 bits per heavy atom. The molecule has 146 valence electrons. The Bertz CT molecular complexity index is 996. The fourth-order valence-corrected chi connectivity index (χ4v) is 2.57. The van der Waals surface area contributed by atoms with Gasteiger partial charge in [-0.2, -0.15) is 5.26 Å². The molecule has 0 fully saturated rings. The molecule has 7 nitrogen and oxygen atoms in total. The zero-order valence-electron chi connectivity index (χ0n) is 15.9. The number of rotatable bonds is 8. The van der Waals surface area contributed by atoms with Crippen LogP contribution in [0.5, 0.6) is 11.5 Å². The smallest absolute Gasteiger partial charge is 0.259 e. The summed E-state index contributed by atoms with van der Waals surface area (Å²) in [4.78, 5) is 17.0. The average molecular weight is 388 g/mol. The summed E-state index contributed by atoms with van der Waals surface area (Å²) in [5, 5.41) is 14.5. The molecule has 0 spiro atoms. The van der Waals surface area contributed by atoms with Gasteiger partial charge in [0.2, 0.25) is 0 Å². The number of nitriles is 1. The van der Waals surface area contributed by atoms with Crippen LogP contribution >= 0.6 is 0 Å². The van der Waals surface area contributed by atoms with Crippen LogP contribution in [0.4, 0.5) is 17.2 Å². The fourth-order valence-electron chi connectivity index (χ4n) is 2.57. The molecular weight excluding hydrogens is 368 g/mol. The SMILES string of the molecule is CCOc1ccc(Nc2ncccc2C(=O)Nc2ccc(OCC#N)cc2)cc1. The Morgan fingerprint density at radius 3 is 2.31 bits per heavy atom. The number of carbonyl (C=O) groups is 1. The highest BCUT2D eigenvalue weighted by Gasteiger charge is 2.13. The van der Waals surface area contributed by atoms with Crippen molar-refractivity contribution < 1.29 is 14.3 Å². The molecule has 1 amide bonds. The minimum absolute atomic E-state index is 0.0258. The zero-order valence-corrected chi connectivity index (χ0v) is 15.9. The summed E-state index contributed by atoms with van der Waals surface area (Å²) in [6, 6.07) is 19.5. The highest BCUT2D eigenvalue weighted by Crippen LogP contribution is 2.23. The summed E-state index contributed by atoms with van der Waals surface area (Å²) in [6.07, 6.45) is 1.62. The molecule has 0 unspecified atom stereocenters. The van der Waals surface area contributed by atoms with Crippen LogP contribution in [-0.2, 0) is 0 Å². The van der Waals surface area contributed by atoms with Crippen LogP contribution < -0.4 is 20.1 Å². The molecule has 1 heterocycles. The van der Waals surface area contributed by atoms with Crippen molar-refractivity contribution in [1.29, 1.82) is 5.26 Å². The standard InChI is InChI=1S/C22H20N4O3/c1-2-28-18-9-5-16(6-10-18)25-21-20(4-3-14-24-21)22(27)26-17-7-11-19(12-8-17)29-15-13-23/h3-12,14H,2,15H2,1H3,(H,24,25)(H,26,27). The third-order valence-electron chi connectivity index (χ3n) is 3.90. The Balaban J connectivity index is 1.70. The number of carbonyl (C=O) groups excluding carboxylic acids is 1. The minimum atomic E-state index is -0.294. The van der Waals surface area contributed by atoms with E-state index in [0.717, 1.165) is 11.4 Å². The number of pyridine rings is 1. The molecule has 0 radical (unpaired) electrons. The van der Waals surface area contributed by atoms with Gasteiger partial charge in [-0.25, -0.2) is 4.98 Å². The van der Waals surface area contributed by atoms with Gasteiger partial charge in [-0.1, -0.05) is 0 Å². The lowest BCUT2D eigenvalue weighted by molar-refractivity contribution is 0.102. The molecule has 0 bridgehead atoms. The second-order valence-corrected chi connectivity index (χ2v) is 5.91. The predicted molar refractivity (Wildman–Crippen MR) is 111 cm³/mol. The van der Waals surface area contributed by atoms with Crippen LogP contribution in [0.15, 0.2) is 66.9 Å². The maximum atomic E-state index is 12.7. The molecule has 0 aliphatic rings. The van der Waals surface area contributed by atoms with Gasteiger partial charge in [0, 0.05) is 17.6 Å². The Hall–Kier alpha value is -4.05. The minimum Gasteiger partial charge on any atom is -0.494 e. The van der Waals surface area contributed by atoms with E-state index in [9.17, 15) is 4.79 Å². The van der Waals surface area contributed by atoms with Crippen LogP contribution in [0.25, 0.3) is 0 Å². The summed E-state index contributed by atoms with van der Waals surface area (Å²) in [6.45, 7) is 2.50. The van der Waals surface area contributed by atoms with Gasteiger partial charge in [0.25, 0.3) is 5.91 Å². The third-order valence-corrected chi connectivity index (χ3v) is 3.90. The summed E-state index contributed by atoms with van der Waals surface area (Å²) in [5.74, 6) is 1.49. The van der Waals surface area contributed by atoms with E-state index in [0.29, 0.717) is 29.4 Å². The first kappa shape index (κ1) is 19.7. The van der Waals surface area contributed by atoms with Gasteiger partial charge in [0.1, 0.15) is 23.4 Å². The van der Waals surface area contributed by atoms with Crippen molar-refractivity contribution in [2.24, 2.45) is 0 Å². The van der Waals surface area contributed by atoms with Crippen LogP contribution in [0.2, 0.25) is 0 Å². The molecule has 1 aromatic heterocycles. The first-order chi connectivity index (χ1) is 14.2. The van der Waals surface area contributed by atoms with Crippen molar-refractivity contribution in [3.8, 4) is 17.6 Å². The number of anilines is 3. The van der Waals surface area contributed by atoms with E-state index in [1.165, 1.54) is 0 Å². The second kappa shape index (κ2) is 9.76. The first-order valence-corrected chi connectivity index (χ1v) is 9.05. The summed E-state index contributed by atoms with van der Waals surface area (Å²) >= 11 is 0. The van der Waals surface area contributed by atoms with Gasteiger partial charge >= 0.3 is 0 Å². The molecule has 3 rings (SSSR count). The first-order valence-electron chi connectivity index (χ1n) is 9.05. The lowest BCUT2D eigenvalue weighted by Gasteiger charge is -2.12. The van der Waals surface area contributed by atoms with Crippen molar-refractivity contribution in [1.82, 2.24) is 4.98 Å². The monoisotopic (exact) mass is 388 g/mol. The number of nitrogens with zero attached hydrogens (tertiary/aromatic N) is 2. The maximum absolute atomic E-state index is 12.7. The number of ether oxygens (including phenoxy) is 2. The largest absolute Gasteiger partial charge is 0.494 e. The van der Waals surface area contributed by atoms with Crippen molar-refractivity contribution in [2.75, 3.05) is 23.8 Å². The van der Waals surface area contributed by atoms with Gasteiger partial charge < -0.3 is 20.1 Å². The lowest BCUT2D eigenvalue weighted by Crippen LogP contribution is -2.14. The molecule has 0 aliphatic carbocycles. The van der Waals surface area contributed by atoms with Gasteiger partial charge in [0.15, 0.2) is 6.61 Å². The molecule has 2 N–H and O–H groups in total. The van der Waals surface area contributed by atoms with Crippen molar-refractivity contribution in [2.45, 2.75) is 6.92 Å². The van der Waals surface area contributed by atoms with Crippen LogP contribution in [0.1, 0.15) is 17.3 Å². The van der Waals surface area contributed by atoms with E-state index in [2.05, 4.69) is 15.6 Å². The number of amides is 1. The molecular formula is C22H20N4O3. The summed E-state index contributed by atoms with van der Waals surface area (Å²) in [7, 11) is 0. The van der Waals surface area contributed by atoms with Gasteiger partial charge in [-0.15, -0.1) is 0 Å². The fraction of sp³-hybridized carbons (Fsp3) is 0.136. The topological polar surface area (TPSA) is 96.3 Å². The summed E-state index contributed by atoms with van der Waals surface area (Å²) < 4.78 is 10.6. The number of nitrogens with one attached hydrogen (secondary N) is 2. The second-order valence-electron chi connectivity index (χ2n) is 5.91. The molecule has 3 aromatic rings. The van der Waals surface area contributed by atoms with E-state index < -0.39 is 0 Å². The molecule has 0 saturated heterocycles. The molecule has 0 saturated carbocycles. The van der Waals surface area contributed by atoms with Gasteiger partial charge in [-0.3, -0.25) is 4.79 Å². The third kappa shape index (κ3) is 5.47. The summed E-state index contributed by atoms with van der Waals surface area (Å²) in [5.41, 5.74) is 1.81. The number of hydrogen-bond acceptors (Lipinski definition) is 6. The van der Waals surface area contributed by atoms with Crippen LogP contribution in [0, 0.1) is 11.3 Å². The molecule has 7 heteroatoms. The van der Waals surface area contributed by atoms with Crippen LogP contribution in [0.3, 0.4) is 0 Å². The molecule has 2 aromatic carbocycles. The lowest BCUT2D eigenvalue weighted by atomic mass is 10.2. The van der Waals surface area contributed by atoms with E-state index in [1.807, 2.05) is 37.3 Å². The highest BCUT2D eigenvalue weighted by molar-refractivity contribution is 6.07. The maximum Gasteiger partial charge on any atom is 0.259 e. The quantitative estimate of drug-likeness (QED) is 0.594. The van der Waals surface area contributed by atoms with E-state index in [4.69, 9.17) is 14.7 Å². The Labute approximate surface area is 168 Å². The number of hydrogen-bond donors (Lipinski definition) is 2. The van der Waals surface area contributed by atoms with Crippen LogP contribution in [-0.4, -0.2) is 24.1 Å². The van der Waals surface area contributed by atoms with E-state index in [1.54, 1.807) is 42.6 Å². The number of benzene rings is 2. The average Bonchev–Trinajstić information content (AvgIpc) is 2.75.